The summed E-state index contributed by atoms with van der Waals surface area (Å²) >= 11 is 0. The number of nitrogens with zero attached hydrogens (tertiary/aromatic N) is 2. The van der Waals surface area contributed by atoms with Gasteiger partial charge >= 0.3 is 12.0 Å². The first kappa shape index (κ1) is 27.2. The molecule has 3 N–H and O–H groups in total. The predicted molar refractivity (Wildman–Crippen MR) is 125 cm³/mol. The van der Waals surface area contributed by atoms with Gasteiger partial charge in [0.05, 0.1) is 0 Å². The largest absolute Gasteiger partial charge is 0.381 e. The summed E-state index contributed by atoms with van der Waals surface area (Å²) in [5.41, 5.74) is 4.98. The molecule has 0 saturated heterocycles. The van der Waals surface area contributed by atoms with Gasteiger partial charge < -0.3 is 14.6 Å². The van der Waals surface area contributed by atoms with Crippen LogP contribution in [0.5, 0.6) is 0 Å². The molecule has 0 unspecified atom stereocenters. The van der Waals surface area contributed by atoms with Crippen molar-refractivity contribution in [1.29, 1.82) is 0 Å². The molecule has 0 aromatic carbocycles. The molecule has 0 aliphatic carbocycles. The Morgan fingerprint density at radius 2 is 1.39 bits per heavy atom. The van der Waals surface area contributed by atoms with Gasteiger partial charge in [0.2, 0.25) is 0 Å². The van der Waals surface area contributed by atoms with Crippen LogP contribution in [0.1, 0.15) is 109 Å². The smallest absolute Gasteiger partial charge is 0.340 e. The fourth-order valence-electron chi connectivity index (χ4n) is 3.38. The number of hydrogen-bond acceptors (Lipinski definition) is 6. The summed E-state index contributed by atoms with van der Waals surface area (Å²) in [6.07, 6.45) is 19.9. The van der Waals surface area contributed by atoms with E-state index in [4.69, 9.17) is 9.26 Å². The molecule has 8 nitrogen and oxygen atoms in total. The summed E-state index contributed by atoms with van der Waals surface area (Å²) in [5.74, 6) is 0.501. The van der Waals surface area contributed by atoms with Gasteiger partial charge in [0.1, 0.15) is 0 Å². The second-order valence-corrected chi connectivity index (χ2v) is 8.21. The van der Waals surface area contributed by atoms with E-state index in [-0.39, 0.29) is 12.0 Å². The molecule has 1 aromatic rings. The quantitative estimate of drug-likeness (QED) is 0.163. The van der Waals surface area contributed by atoms with Gasteiger partial charge in [-0.05, 0) is 19.8 Å². The molecule has 0 fully saturated rings. The van der Waals surface area contributed by atoms with E-state index in [9.17, 15) is 4.79 Å². The van der Waals surface area contributed by atoms with E-state index < -0.39 is 0 Å². The fourth-order valence-corrected chi connectivity index (χ4v) is 3.38. The lowest BCUT2D eigenvalue weighted by Crippen LogP contribution is -2.39. The molecule has 2 amide bonds. The number of carbonyl (C=O) groups excluding carboxylic acids is 1. The first-order chi connectivity index (χ1) is 15.2. The van der Waals surface area contributed by atoms with Crippen molar-refractivity contribution in [2.24, 2.45) is 0 Å². The van der Waals surface area contributed by atoms with Crippen molar-refractivity contribution in [1.82, 2.24) is 20.9 Å². The van der Waals surface area contributed by atoms with Crippen LogP contribution in [0.4, 0.5) is 10.8 Å². The molecule has 180 valence electrons. The lowest BCUT2D eigenvalue weighted by Gasteiger charge is -2.07. The minimum absolute atomic E-state index is 0.157. The molecule has 0 aliphatic rings. The van der Waals surface area contributed by atoms with Crippen LogP contribution in [0.25, 0.3) is 0 Å². The van der Waals surface area contributed by atoms with Crippen LogP contribution in [0.15, 0.2) is 4.52 Å². The highest BCUT2D eigenvalue weighted by atomic mass is 16.5. The van der Waals surface area contributed by atoms with Crippen molar-refractivity contribution in [2.75, 3.05) is 25.2 Å². The van der Waals surface area contributed by atoms with Crippen LogP contribution >= 0.6 is 0 Å². The average Bonchev–Trinajstić information content (AvgIpc) is 3.19. The lowest BCUT2D eigenvalue weighted by atomic mass is 10.0. The average molecular weight is 440 g/mol. The molecule has 0 radical (unpaired) electrons. The molecule has 1 aromatic heterocycles. The molecular weight excluding hydrogens is 394 g/mol. The standard InChI is InChI=1S/C23H45N5O3/c1-3-4-5-6-7-8-9-10-11-12-13-14-15-16-19-30-20-17-18-24-22(29)26-27-23-25-21(2)28-31-23/h3-20H2,1-2H3,(H2,24,26,29)(H,25,27,28). The second-order valence-electron chi connectivity index (χ2n) is 8.21. The molecule has 8 heteroatoms. The number of ether oxygens (including phenoxy) is 1. The topological polar surface area (TPSA) is 101 Å². The second kappa shape index (κ2) is 20.1. The van der Waals surface area contributed by atoms with Crippen molar-refractivity contribution < 1.29 is 14.1 Å². The maximum Gasteiger partial charge on any atom is 0.340 e. The molecular formula is C23H45N5O3. The van der Waals surface area contributed by atoms with E-state index in [0.29, 0.717) is 19.0 Å². The molecule has 0 atom stereocenters. The summed E-state index contributed by atoms with van der Waals surface area (Å²) in [5, 5.41) is 6.34. The highest BCUT2D eigenvalue weighted by Gasteiger charge is 2.03. The number of anilines is 1. The van der Waals surface area contributed by atoms with Gasteiger partial charge in [-0.25, -0.2) is 15.6 Å². The highest BCUT2D eigenvalue weighted by molar-refractivity contribution is 5.74. The van der Waals surface area contributed by atoms with Crippen LogP contribution in [-0.4, -0.2) is 35.9 Å². The summed E-state index contributed by atoms with van der Waals surface area (Å²) in [6.45, 7) is 6.00. The number of hydrazine groups is 1. The minimum atomic E-state index is -0.345. The Balaban J connectivity index is 1.72. The van der Waals surface area contributed by atoms with Gasteiger partial charge in [0.25, 0.3) is 0 Å². The maximum absolute atomic E-state index is 11.6. The molecule has 1 rings (SSSR count). The zero-order chi connectivity index (χ0) is 22.4. The molecule has 0 saturated carbocycles. The zero-order valence-corrected chi connectivity index (χ0v) is 19.8. The van der Waals surface area contributed by atoms with E-state index in [1.54, 1.807) is 6.92 Å². The number of amides is 2. The third-order valence-electron chi connectivity index (χ3n) is 5.20. The molecule has 1 heterocycles. The fraction of sp³-hybridized carbons (Fsp3) is 0.870. The number of urea groups is 1. The summed E-state index contributed by atoms with van der Waals surface area (Å²) in [6, 6.07) is -0.188. The van der Waals surface area contributed by atoms with E-state index >= 15 is 0 Å². The molecule has 0 aliphatic heterocycles. The Bertz CT molecular complexity index is 539. The van der Waals surface area contributed by atoms with Crippen LogP contribution in [-0.2, 0) is 4.74 Å². The maximum atomic E-state index is 11.6. The normalized spacial score (nSPS) is 10.9. The van der Waals surface area contributed by atoms with Crippen LogP contribution in [0.2, 0.25) is 0 Å². The van der Waals surface area contributed by atoms with E-state index in [1.807, 2.05) is 0 Å². The van der Waals surface area contributed by atoms with Gasteiger partial charge in [0.15, 0.2) is 5.82 Å². The Morgan fingerprint density at radius 1 is 0.839 bits per heavy atom. The first-order valence-corrected chi connectivity index (χ1v) is 12.4. The lowest BCUT2D eigenvalue weighted by molar-refractivity contribution is 0.127. The van der Waals surface area contributed by atoms with Crippen LogP contribution < -0.4 is 16.2 Å². The molecule has 31 heavy (non-hydrogen) atoms. The van der Waals surface area contributed by atoms with E-state index in [0.717, 1.165) is 19.4 Å². The number of carbonyl (C=O) groups is 1. The predicted octanol–water partition coefficient (Wildman–Crippen LogP) is 5.89. The van der Waals surface area contributed by atoms with Gasteiger partial charge in [-0.3, -0.25) is 0 Å². The number of aryl methyl sites for hydroxylation is 1. The van der Waals surface area contributed by atoms with Gasteiger partial charge in [0, 0.05) is 19.8 Å². The summed E-state index contributed by atoms with van der Waals surface area (Å²) < 4.78 is 10.5. The van der Waals surface area contributed by atoms with Crippen molar-refractivity contribution in [3.05, 3.63) is 5.82 Å². The van der Waals surface area contributed by atoms with Gasteiger partial charge in [-0.1, -0.05) is 95.6 Å². The monoisotopic (exact) mass is 439 g/mol. The van der Waals surface area contributed by atoms with Crippen molar-refractivity contribution in [2.45, 2.75) is 110 Å². The Hall–Kier alpha value is -1.83. The highest BCUT2D eigenvalue weighted by Crippen LogP contribution is 2.12. The first-order valence-electron chi connectivity index (χ1n) is 12.4. The third kappa shape index (κ3) is 17.5. The number of unbranched alkanes of at least 4 members (excludes halogenated alkanes) is 13. The molecule has 0 bridgehead atoms. The van der Waals surface area contributed by atoms with Crippen LogP contribution in [0, 0.1) is 6.92 Å². The Labute approximate surface area is 188 Å². The Morgan fingerprint density at radius 3 is 1.94 bits per heavy atom. The number of hydrogen-bond donors (Lipinski definition) is 3. The zero-order valence-electron chi connectivity index (χ0n) is 19.8. The SMILES string of the molecule is CCCCCCCCCCCCCCCCOCCCNC(=O)NNc1nc(C)no1. The van der Waals surface area contributed by atoms with Crippen molar-refractivity contribution in [3.8, 4) is 0 Å². The van der Waals surface area contributed by atoms with E-state index in [1.165, 1.54) is 83.5 Å². The van der Waals surface area contributed by atoms with Gasteiger partial charge in [-0.2, -0.15) is 4.98 Å². The Kier molecular flexibility index (Phi) is 17.6. The number of aromatic nitrogens is 2. The van der Waals surface area contributed by atoms with E-state index in [2.05, 4.69) is 33.2 Å². The van der Waals surface area contributed by atoms with Gasteiger partial charge in [-0.15, -0.1) is 0 Å². The number of rotatable bonds is 21. The van der Waals surface area contributed by atoms with Crippen LogP contribution in [0.3, 0.4) is 0 Å². The molecule has 0 spiro atoms. The number of nitrogens with one attached hydrogen (secondary N) is 3. The third-order valence-corrected chi connectivity index (χ3v) is 5.20. The summed E-state index contributed by atoms with van der Waals surface area (Å²) in [7, 11) is 0. The minimum Gasteiger partial charge on any atom is -0.381 e. The van der Waals surface area contributed by atoms with Crippen molar-refractivity contribution in [3.63, 3.8) is 0 Å². The van der Waals surface area contributed by atoms with Crippen molar-refractivity contribution >= 4 is 12.0 Å². The summed E-state index contributed by atoms with van der Waals surface area (Å²) in [4.78, 5) is 15.5.